The number of nitrogens with zero attached hydrogens (tertiary/aromatic N) is 2. The fraction of sp³-hybridized carbons (Fsp3) is 0.667. The predicted molar refractivity (Wildman–Crippen MR) is 62.3 cm³/mol. The van der Waals surface area contributed by atoms with Gasteiger partial charge in [-0.2, -0.15) is 0 Å². The van der Waals surface area contributed by atoms with Crippen molar-refractivity contribution in [3.63, 3.8) is 0 Å². The molecule has 1 N–H and O–H groups in total. The van der Waals surface area contributed by atoms with Crippen LogP contribution in [0.5, 0.6) is 0 Å². The van der Waals surface area contributed by atoms with Crippen LogP contribution in [0.2, 0.25) is 0 Å². The highest BCUT2D eigenvalue weighted by Crippen LogP contribution is 2.35. The van der Waals surface area contributed by atoms with Crippen LogP contribution in [0.4, 0.5) is 5.82 Å². The van der Waals surface area contributed by atoms with Crippen molar-refractivity contribution in [1.82, 2.24) is 9.97 Å². The lowest BCUT2D eigenvalue weighted by Gasteiger charge is -2.25. The molecule has 1 aliphatic carbocycles. The van der Waals surface area contributed by atoms with Crippen molar-refractivity contribution in [3.8, 4) is 0 Å². The van der Waals surface area contributed by atoms with Gasteiger partial charge in [0, 0.05) is 24.2 Å². The molecule has 1 heterocycles. The smallest absolute Gasteiger partial charge is 0.134 e. The molecule has 0 radical (unpaired) electrons. The fourth-order valence-electron chi connectivity index (χ4n) is 2.10. The molecule has 1 saturated carbocycles. The maximum Gasteiger partial charge on any atom is 0.134 e. The molecule has 0 aromatic carbocycles. The third-order valence-electron chi connectivity index (χ3n) is 3.29. The summed E-state index contributed by atoms with van der Waals surface area (Å²) in [6.45, 7) is 4.24. The van der Waals surface area contributed by atoms with Gasteiger partial charge in [-0.05, 0) is 26.2 Å². The highest BCUT2D eigenvalue weighted by molar-refractivity contribution is 5.46. The molecule has 1 fully saturated rings. The predicted octanol–water partition coefficient (Wildman–Crippen LogP) is 2.66. The van der Waals surface area contributed by atoms with E-state index in [9.17, 15) is 0 Å². The maximum atomic E-state index is 4.62. The van der Waals surface area contributed by atoms with E-state index >= 15 is 0 Å². The van der Waals surface area contributed by atoms with Gasteiger partial charge in [0.2, 0.25) is 0 Å². The van der Waals surface area contributed by atoms with Crippen LogP contribution in [0.15, 0.2) is 0 Å². The highest BCUT2D eigenvalue weighted by atomic mass is 15.0. The van der Waals surface area contributed by atoms with Gasteiger partial charge < -0.3 is 5.32 Å². The first-order valence-electron chi connectivity index (χ1n) is 5.81. The van der Waals surface area contributed by atoms with Crippen LogP contribution in [-0.2, 0) is 6.42 Å². The maximum absolute atomic E-state index is 4.62. The molecule has 0 bridgehead atoms. The van der Waals surface area contributed by atoms with Gasteiger partial charge in [-0.25, -0.2) is 9.97 Å². The molecular weight excluding hydrogens is 186 g/mol. The second-order valence-corrected chi connectivity index (χ2v) is 4.23. The molecule has 1 aliphatic rings. The largest absolute Gasteiger partial charge is 0.373 e. The van der Waals surface area contributed by atoms with Crippen LogP contribution < -0.4 is 5.32 Å². The first-order chi connectivity index (χ1) is 7.26. The Kier molecular flexibility index (Phi) is 2.89. The van der Waals surface area contributed by atoms with Gasteiger partial charge in [0.05, 0.1) is 0 Å². The van der Waals surface area contributed by atoms with Gasteiger partial charge in [0.25, 0.3) is 0 Å². The van der Waals surface area contributed by atoms with Gasteiger partial charge >= 0.3 is 0 Å². The zero-order valence-corrected chi connectivity index (χ0v) is 9.80. The summed E-state index contributed by atoms with van der Waals surface area (Å²) >= 11 is 0. The molecule has 15 heavy (non-hydrogen) atoms. The van der Waals surface area contributed by atoms with E-state index in [0.717, 1.165) is 23.8 Å². The van der Waals surface area contributed by atoms with Crippen molar-refractivity contribution in [3.05, 3.63) is 17.1 Å². The monoisotopic (exact) mass is 205 g/mol. The van der Waals surface area contributed by atoms with Crippen molar-refractivity contribution >= 4 is 5.82 Å². The van der Waals surface area contributed by atoms with Crippen molar-refractivity contribution < 1.29 is 0 Å². The molecule has 0 spiro atoms. The van der Waals surface area contributed by atoms with E-state index in [0.29, 0.717) is 5.92 Å². The Hall–Kier alpha value is -1.12. The second-order valence-electron chi connectivity index (χ2n) is 4.23. The van der Waals surface area contributed by atoms with E-state index < -0.39 is 0 Å². The quantitative estimate of drug-likeness (QED) is 0.824. The SMILES string of the molecule is CCc1c(C)nc(C2CCC2)nc1NC. The van der Waals surface area contributed by atoms with Crippen molar-refractivity contribution in [2.75, 3.05) is 12.4 Å². The third-order valence-corrected chi connectivity index (χ3v) is 3.29. The Morgan fingerprint density at radius 2 is 2.07 bits per heavy atom. The Balaban J connectivity index is 2.37. The number of rotatable bonds is 3. The molecule has 0 atom stereocenters. The Labute approximate surface area is 91.3 Å². The lowest BCUT2D eigenvalue weighted by molar-refractivity contribution is 0.401. The number of aryl methyl sites for hydroxylation is 1. The molecule has 0 saturated heterocycles. The van der Waals surface area contributed by atoms with E-state index in [2.05, 4.69) is 29.1 Å². The van der Waals surface area contributed by atoms with Crippen LogP contribution in [-0.4, -0.2) is 17.0 Å². The average molecular weight is 205 g/mol. The Bertz CT molecular complexity index is 356. The van der Waals surface area contributed by atoms with E-state index in [1.807, 2.05) is 7.05 Å². The first-order valence-corrected chi connectivity index (χ1v) is 5.81. The molecule has 0 aliphatic heterocycles. The molecule has 3 heteroatoms. The zero-order chi connectivity index (χ0) is 10.8. The average Bonchev–Trinajstić information content (AvgIpc) is 2.14. The van der Waals surface area contributed by atoms with Crippen LogP contribution >= 0.6 is 0 Å². The molecule has 0 amide bonds. The molecular formula is C12H19N3. The zero-order valence-electron chi connectivity index (χ0n) is 9.80. The molecule has 3 nitrogen and oxygen atoms in total. The van der Waals surface area contributed by atoms with Crippen LogP contribution in [0.3, 0.4) is 0 Å². The number of hydrogen-bond acceptors (Lipinski definition) is 3. The van der Waals surface area contributed by atoms with Crippen LogP contribution in [0.1, 0.15) is 49.2 Å². The number of nitrogens with one attached hydrogen (secondary N) is 1. The summed E-state index contributed by atoms with van der Waals surface area (Å²) in [4.78, 5) is 9.25. The molecule has 0 unspecified atom stereocenters. The van der Waals surface area contributed by atoms with Crippen molar-refractivity contribution in [2.24, 2.45) is 0 Å². The Morgan fingerprint density at radius 1 is 1.33 bits per heavy atom. The third kappa shape index (κ3) is 1.83. The van der Waals surface area contributed by atoms with E-state index in [4.69, 9.17) is 0 Å². The van der Waals surface area contributed by atoms with Crippen LogP contribution in [0, 0.1) is 6.92 Å². The number of anilines is 1. The minimum absolute atomic E-state index is 0.613. The summed E-state index contributed by atoms with van der Waals surface area (Å²) in [6.07, 6.45) is 4.84. The summed E-state index contributed by atoms with van der Waals surface area (Å²) in [5.41, 5.74) is 2.39. The van der Waals surface area contributed by atoms with Crippen molar-refractivity contribution in [1.29, 1.82) is 0 Å². The van der Waals surface area contributed by atoms with E-state index in [-0.39, 0.29) is 0 Å². The summed E-state index contributed by atoms with van der Waals surface area (Å²) in [5.74, 6) is 2.67. The minimum atomic E-state index is 0.613. The van der Waals surface area contributed by atoms with Gasteiger partial charge in [-0.15, -0.1) is 0 Å². The second kappa shape index (κ2) is 4.17. The lowest BCUT2D eigenvalue weighted by Crippen LogP contribution is -2.15. The standard InChI is InChI=1S/C12H19N3/c1-4-10-8(2)14-11(9-6-5-7-9)15-12(10)13-3/h9H,4-7H2,1-3H3,(H,13,14,15). The first kappa shape index (κ1) is 10.4. The van der Waals surface area contributed by atoms with Crippen LogP contribution in [0.25, 0.3) is 0 Å². The van der Waals surface area contributed by atoms with Gasteiger partial charge in [-0.3, -0.25) is 0 Å². The van der Waals surface area contributed by atoms with Gasteiger partial charge in [0.1, 0.15) is 11.6 Å². The van der Waals surface area contributed by atoms with E-state index in [1.165, 1.54) is 24.8 Å². The summed E-state index contributed by atoms with van der Waals surface area (Å²) in [7, 11) is 1.94. The fourth-order valence-corrected chi connectivity index (χ4v) is 2.10. The summed E-state index contributed by atoms with van der Waals surface area (Å²) < 4.78 is 0. The summed E-state index contributed by atoms with van der Waals surface area (Å²) in [6, 6.07) is 0. The minimum Gasteiger partial charge on any atom is -0.373 e. The summed E-state index contributed by atoms with van der Waals surface area (Å²) in [5, 5.41) is 3.18. The lowest BCUT2D eigenvalue weighted by atomic mass is 9.84. The topological polar surface area (TPSA) is 37.8 Å². The number of aromatic nitrogens is 2. The molecule has 2 rings (SSSR count). The number of hydrogen-bond donors (Lipinski definition) is 1. The van der Waals surface area contributed by atoms with Gasteiger partial charge in [-0.1, -0.05) is 13.3 Å². The van der Waals surface area contributed by atoms with E-state index in [1.54, 1.807) is 0 Å². The van der Waals surface area contributed by atoms with Gasteiger partial charge in [0.15, 0.2) is 0 Å². The molecule has 82 valence electrons. The Morgan fingerprint density at radius 3 is 2.53 bits per heavy atom. The highest BCUT2D eigenvalue weighted by Gasteiger charge is 2.23. The normalized spacial score (nSPS) is 16.2. The molecule has 1 aromatic heterocycles. The molecule has 1 aromatic rings. The van der Waals surface area contributed by atoms with Crippen molar-refractivity contribution in [2.45, 2.75) is 45.4 Å².